The number of aryl methyl sites for hydroxylation is 1. The van der Waals surface area contributed by atoms with Crippen molar-refractivity contribution in [3.05, 3.63) is 53.9 Å². The average molecular weight is 326 g/mol. The van der Waals surface area contributed by atoms with Crippen molar-refractivity contribution in [1.82, 2.24) is 9.78 Å². The molecule has 1 aromatic heterocycles. The zero-order chi connectivity index (χ0) is 17.5. The lowest BCUT2D eigenvalue weighted by molar-refractivity contribution is -0.121. The van der Waals surface area contributed by atoms with Gasteiger partial charge in [-0.3, -0.25) is 14.3 Å². The number of methoxy groups -OCH3 is 1. The van der Waals surface area contributed by atoms with Crippen molar-refractivity contribution < 1.29 is 19.4 Å². The van der Waals surface area contributed by atoms with E-state index < -0.39 is 0 Å². The molecule has 0 amide bonds. The lowest BCUT2D eigenvalue weighted by Crippen LogP contribution is -2.01. The topological polar surface area (TPSA) is 81.4 Å². The minimum Gasteiger partial charge on any atom is -0.504 e. The normalized spacial score (nSPS) is 11.2. The molecule has 124 valence electrons. The first kappa shape index (κ1) is 17.2. The van der Waals surface area contributed by atoms with Gasteiger partial charge in [0.1, 0.15) is 0 Å². The number of carbonyl (C=O) groups excluding carboxylic acids is 2. The number of phenolic OH excluding ortho intramolecular Hbond substituents is 1. The van der Waals surface area contributed by atoms with E-state index in [1.54, 1.807) is 48.4 Å². The smallest absolute Gasteiger partial charge is 0.163 e. The minimum atomic E-state index is -0.314. The fourth-order valence-electron chi connectivity index (χ4n) is 2.00. The van der Waals surface area contributed by atoms with E-state index in [4.69, 9.17) is 4.74 Å². The van der Waals surface area contributed by atoms with Crippen molar-refractivity contribution >= 4 is 23.7 Å². The van der Waals surface area contributed by atoms with Gasteiger partial charge in [0.25, 0.3) is 0 Å². The van der Waals surface area contributed by atoms with Gasteiger partial charge in [-0.2, -0.15) is 5.10 Å². The lowest BCUT2D eigenvalue weighted by Gasteiger charge is -2.03. The van der Waals surface area contributed by atoms with E-state index in [1.807, 2.05) is 0 Å². The molecule has 6 nitrogen and oxygen atoms in total. The number of rotatable bonds is 7. The first-order valence-corrected chi connectivity index (χ1v) is 7.25. The second-order valence-electron chi connectivity index (χ2n) is 5.15. The summed E-state index contributed by atoms with van der Waals surface area (Å²) in [5.41, 5.74) is 1.43. The van der Waals surface area contributed by atoms with Crippen LogP contribution in [0.25, 0.3) is 12.2 Å². The number of aromatic nitrogens is 2. The maximum atomic E-state index is 11.8. The summed E-state index contributed by atoms with van der Waals surface area (Å²) in [5.74, 6) is -0.256. The Bertz CT molecular complexity index is 803. The van der Waals surface area contributed by atoms with Gasteiger partial charge < -0.3 is 9.84 Å². The van der Waals surface area contributed by atoms with E-state index in [2.05, 4.69) is 5.10 Å². The van der Waals surface area contributed by atoms with Crippen molar-refractivity contribution in [3.8, 4) is 11.5 Å². The molecule has 6 heteroatoms. The number of ether oxygens (including phenoxy) is 1. The Morgan fingerprint density at radius 3 is 2.42 bits per heavy atom. The quantitative estimate of drug-likeness (QED) is 0.624. The van der Waals surface area contributed by atoms with Gasteiger partial charge in [-0.15, -0.1) is 0 Å². The minimum absolute atomic E-state index is 0.0115. The van der Waals surface area contributed by atoms with Crippen LogP contribution in [0.2, 0.25) is 0 Å². The van der Waals surface area contributed by atoms with Crippen molar-refractivity contribution in [2.45, 2.75) is 6.42 Å². The lowest BCUT2D eigenvalue weighted by atomic mass is 10.1. The molecule has 2 aromatic rings. The van der Waals surface area contributed by atoms with Gasteiger partial charge in [-0.05, 0) is 35.9 Å². The van der Waals surface area contributed by atoms with Crippen LogP contribution in [0.1, 0.15) is 17.5 Å². The summed E-state index contributed by atoms with van der Waals surface area (Å²) in [6.07, 6.45) is 9.02. The largest absolute Gasteiger partial charge is 0.504 e. The number of benzene rings is 1. The van der Waals surface area contributed by atoms with Gasteiger partial charge in [0, 0.05) is 18.8 Å². The third-order valence-corrected chi connectivity index (χ3v) is 3.20. The standard InChI is InChI=1S/C18H18N2O4/c1-20-12-14(11-19-20)4-7-16(22)10-15(21)6-3-13-5-8-18(24-2)17(23)9-13/h3-9,11-12,23H,10H2,1-2H3. The number of carbonyl (C=O) groups is 2. The summed E-state index contributed by atoms with van der Waals surface area (Å²) >= 11 is 0. The highest BCUT2D eigenvalue weighted by atomic mass is 16.5. The third-order valence-electron chi connectivity index (χ3n) is 3.20. The van der Waals surface area contributed by atoms with Crippen molar-refractivity contribution in [1.29, 1.82) is 0 Å². The first-order chi connectivity index (χ1) is 11.5. The molecule has 0 saturated heterocycles. The number of allylic oxidation sites excluding steroid dienone is 2. The molecular weight excluding hydrogens is 308 g/mol. The van der Waals surface area contributed by atoms with Gasteiger partial charge in [0.05, 0.1) is 19.7 Å². The zero-order valence-corrected chi connectivity index (χ0v) is 13.5. The molecule has 1 aromatic carbocycles. The predicted octanol–water partition coefficient (Wildman–Crippen LogP) is 2.39. The Labute approximate surface area is 139 Å². The Hall–Kier alpha value is -3.15. The van der Waals surface area contributed by atoms with Gasteiger partial charge in [0.15, 0.2) is 23.1 Å². The number of ketones is 2. The molecular formula is C18H18N2O4. The van der Waals surface area contributed by atoms with E-state index in [-0.39, 0.29) is 23.7 Å². The Morgan fingerprint density at radius 2 is 1.88 bits per heavy atom. The van der Waals surface area contributed by atoms with Gasteiger partial charge >= 0.3 is 0 Å². The highest BCUT2D eigenvalue weighted by Gasteiger charge is 2.05. The molecule has 24 heavy (non-hydrogen) atoms. The third kappa shape index (κ3) is 4.95. The van der Waals surface area contributed by atoms with Gasteiger partial charge in [-0.25, -0.2) is 0 Å². The fraction of sp³-hybridized carbons (Fsp3) is 0.167. The maximum Gasteiger partial charge on any atom is 0.163 e. The van der Waals surface area contributed by atoms with Crippen molar-refractivity contribution in [2.24, 2.45) is 7.05 Å². The molecule has 0 aliphatic carbocycles. The molecule has 0 unspecified atom stereocenters. The molecule has 1 N–H and O–H groups in total. The number of aromatic hydroxyl groups is 1. The predicted molar refractivity (Wildman–Crippen MR) is 90.6 cm³/mol. The van der Waals surface area contributed by atoms with Crippen LogP contribution in [-0.4, -0.2) is 33.6 Å². The molecule has 0 fully saturated rings. The number of nitrogens with zero attached hydrogens (tertiary/aromatic N) is 2. The van der Waals surface area contributed by atoms with Crippen LogP contribution in [0.5, 0.6) is 11.5 Å². The molecule has 2 rings (SSSR count). The van der Waals surface area contributed by atoms with Gasteiger partial charge in [-0.1, -0.05) is 12.1 Å². The van der Waals surface area contributed by atoms with E-state index >= 15 is 0 Å². The van der Waals surface area contributed by atoms with Crippen LogP contribution in [-0.2, 0) is 16.6 Å². The maximum absolute atomic E-state index is 11.8. The van der Waals surface area contributed by atoms with E-state index in [1.165, 1.54) is 25.3 Å². The summed E-state index contributed by atoms with van der Waals surface area (Å²) in [7, 11) is 3.24. The number of phenols is 1. The highest BCUT2D eigenvalue weighted by Crippen LogP contribution is 2.26. The first-order valence-electron chi connectivity index (χ1n) is 7.25. The van der Waals surface area contributed by atoms with Crippen LogP contribution in [0.4, 0.5) is 0 Å². The van der Waals surface area contributed by atoms with Crippen LogP contribution >= 0.6 is 0 Å². The Kier molecular flexibility index (Phi) is 5.68. The Morgan fingerprint density at radius 1 is 1.21 bits per heavy atom. The van der Waals surface area contributed by atoms with E-state index in [0.717, 1.165) is 5.56 Å². The molecule has 0 aliphatic rings. The summed E-state index contributed by atoms with van der Waals surface area (Å²) in [4.78, 5) is 23.6. The van der Waals surface area contributed by atoms with E-state index in [9.17, 15) is 14.7 Å². The average Bonchev–Trinajstić information content (AvgIpc) is 2.96. The second kappa shape index (κ2) is 7.92. The Balaban J connectivity index is 1.91. The van der Waals surface area contributed by atoms with Crippen molar-refractivity contribution in [3.63, 3.8) is 0 Å². The molecule has 1 heterocycles. The van der Waals surface area contributed by atoms with Crippen LogP contribution in [0.3, 0.4) is 0 Å². The summed E-state index contributed by atoms with van der Waals surface area (Å²) < 4.78 is 6.57. The summed E-state index contributed by atoms with van der Waals surface area (Å²) in [6, 6.07) is 4.78. The molecule has 0 radical (unpaired) electrons. The number of hydrogen-bond donors (Lipinski definition) is 1. The fourth-order valence-corrected chi connectivity index (χ4v) is 2.00. The summed E-state index contributed by atoms with van der Waals surface area (Å²) in [5, 5.41) is 13.7. The monoisotopic (exact) mass is 326 g/mol. The number of hydrogen-bond acceptors (Lipinski definition) is 5. The summed E-state index contributed by atoms with van der Waals surface area (Å²) in [6.45, 7) is 0. The molecule has 0 atom stereocenters. The van der Waals surface area contributed by atoms with Crippen LogP contribution in [0.15, 0.2) is 42.7 Å². The molecule has 0 saturated carbocycles. The van der Waals surface area contributed by atoms with Crippen LogP contribution in [0, 0.1) is 0 Å². The SMILES string of the molecule is COc1ccc(C=CC(=O)CC(=O)C=Cc2cnn(C)c2)cc1O. The van der Waals surface area contributed by atoms with Gasteiger partial charge in [0.2, 0.25) is 0 Å². The molecule has 0 spiro atoms. The zero-order valence-electron chi connectivity index (χ0n) is 13.5. The highest BCUT2D eigenvalue weighted by molar-refractivity contribution is 6.10. The van der Waals surface area contributed by atoms with Crippen molar-refractivity contribution in [2.75, 3.05) is 7.11 Å². The van der Waals surface area contributed by atoms with E-state index in [0.29, 0.717) is 11.3 Å². The molecule has 0 aliphatic heterocycles. The molecule has 0 bridgehead atoms. The second-order valence-corrected chi connectivity index (χ2v) is 5.15. The van der Waals surface area contributed by atoms with Crippen LogP contribution < -0.4 is 4.74 Å².